The molecule has 7 nitrogen and oxygen atoms in total. The largest absolute Gasteiger partial charge is 0.478 e. The summed E-state index contributed by atoms with van der Waals surface area (Å²) in [6.45, 7) is 0.580. The molecule has 3 N–H and O–H groups in total. The summed E-state index contributed by atoms with van der Waals surface area (Å²) in [4.78, 5) is 41.5. The van der Waals surface area contributed by atoms with Crippen LogP contribution in [0.3, 0.4) is 0 Å². The zero-order valence-corrected chi connectivity index (χ0v) is 16.2. The Morgan fingerprint density at radius 1 is 1.00 bits per heavy atom. The van der Waals surface area contributed by atoms with Gasteiger partial charge in [-0.2, -0.15) is 0 Å². The van der Waals surface area contributed by atoms with Gasteiger partial charge in [-0.1, -0.05) is 36.8 Å². The molecule has 3 aromatic rings. The van der Waals surface area contributed by atoms with Crippen molar-refractivity contribution in [3.63, 3.8) is 0 Å². The molecular weight excluding hydrogens is 382 g/mol. The Labute approximate surface area is 173 Å². The van der Waals surface area contributed by atoms with E-state index >= 15 is 0 Å². The number of anilines is 1. The molecule has 0 atom stereocenters. The average Bonchev–Trinajstić information content (AvgIpc) is 2.71. The number of carboxylic acid groups (broad SMARTS) is 1. The van der Waals surface area contributed by atoms with Crippen LogP contribution < -0.4 is 10.6 Å². The first-order valence-corrected chi connectivity index (χ1v) is 9.84. The van der Waals surface area contributed by atoms with Crippen molar-refractivity contribution in [3.8, 4) is 0 Å². The van der Waals surface area contributed by atoms with E-state index in [1.807, 2.05) is 0 Å². The van der Waals surface area contributed by atoms with E-state index < -0.39 is 11.9 Å². The van der Waals surface area contributed by atoms with E-state index in [4.69, 9.17) is 0 Å². The molecule has 30 heavy (non-hydrogen) atoms. The molecule has 4 rings (SSSR count). The molecule has 1 fully saturated rings. The van der Waals surface area contributed by atoms with Crippen LogP contribution >= 0.6 is 0 Å². The number of pyridine rings is 1. The topological polar surface area (TPSA) is 108 Å². The van der Waals surface area contributed by atoms with Crippen molar-refractivity contribution in [2.75, 3.05) is 11.9 Å². The van der Waals surface area contributed by atoms with Gasteiger partial charge >= 0.3 is 5.97 Å². The quantitative estimate of drug-likeness (QED) is 0.581. The molecule has 2 aromatic carbocycles. The minimum Gasteiger partial charge on any atom is -0.478 e. The number of rotatable bonds is 6. The number of aromatic carboxylic acids is 1. The molecule has 1 heterocycles. The van der Waals surface area contributed by atoms with E-state index in [0.717, 1.165) is 18.2 Å². The highest BCUT2D eigenvalue weighted by atomic mass is 16.4. The normalized spacial score (nSPS) is 13.5. The van der Waals surface area contributed by atoms with E-state index in [1.54, 1.807) is 42.5 Å². The Bertz CT molecular complexity index is 1140. The summed E-state index contributed by atoms with van der Waals surface area (Å²) in [6.07, 6.45) is 4.87. The van der Waals surface area contributed by atoms with Crippen molar-refractivity contribution in [1.29, 1.82) is 0 Å². The molecule has 2 amide bonds. The number of nitrogens with one attached hydrogen (secondary N) is 2. The number of carboxylic acids is 1. The molecule has 1 aliphatic rings. The first kappa shape index (κ1) is 19.6. The van der Waals surface area contributed by atoms with E-state index in [-0.39, 0.29) is 28.4 Å². The van der Waals surface area contributed by atoms with Crippen molar-refractivity contribution in [3.05, 3.63) is 71.5 Å². The Hall–Kier alpha value is -3.74. The Balaban J connectivity index is 1.61. The minimum atomic E-state index is -1.19. The van der Waals surface area contributed by atoms with Gasteiger partial charge in [0.05, 0.1) is 16.8 Å². The fraction of sp³-hybridized carbons (Fsp3) is 0.217. The van der Waals surface area contributed by atoms with Gasteiger partial charge in [0.1, 0.15) is 0 Å². The van der Waals surface area contributed by atoms with Gasteiger partial charge in [-0.15, -0.1) is 0 Å². The number of fused-ring (bicyclic) bond motifs is 1. The average molecular weight is 403 g/mol. The van der Waals surface area contributed by atoms with Crippen LogP contribution in [0.2, 0.25) is 0 Å². The van der Waals surface area contributed by atoms with Crippen LogP contribution in [0.4, 0.5) is 5.69 Å². The lowest BCUT2D eigenvalue weighted by Crippen LogP contribution is -2.33. The smallest absolute Gasteiger partial charge is 0.337 e. The van der Waals surface area contributed by atoms with Crippen LogP contribution in [0.25, 0.3) is 10.8 Å². The van der Waals surface area contributed by atoms with Crippen LogP contribution in [-0.4, -0.2) is 34.4 Å². The van der Waals surface area contributed by atoms with E-state index in [9.17, 15) is 19.5 Å². The molecule has 7 heteroatoms. The third-order valence-electron chi connectivity index (χ3n) is 5.43. The number of nitrogens with zero attached hydrogens (tertiary/aromatic N) is 1. The van der Waals surface area contributed by atoms with Crippen molar-refractivity contribution in [1.82, 2.24) is 10.3 Å². The number of carbonyl (C=O) groups is 3. The molecular formula is C23H21N3O4. The predicted molar refractivity (Wildman–Crippen MR) is 113 cm³/mol. The molecule has 0 bridgehead atoms. The van der Waals surface area contributed by atoms with Gasteiger partial charge in [0.15, 0.2) is 5.69 Å². The third kappa shape index (κ3) is 3.87. The zero-order valence-electron chi connectivity index (χ0n) is 16.2. The first-order chi connectivity index (χ1) is 14.5. The number of amides is 2. The molecule has 1 saturated carbocycles. The molecule has 152 valence electrons. The van der Waals surface area contributed by atoms with Gasteiger partial charge < -0.3 is 15.7 Å². The molecule has 0 aliphatic heterocycles. The van der Waals surface area contributed by atoms with E-state index in [1.165, 1.54) is 18.7 Å². The lowest BCUT2D eigenvalue weighted by atomic mass is 9.85. The maximum atomic E-state index is 12.9. The SMILES string of the molecule is O=C(Nc1cccnc1C(=O)NCC1CCC1)c1ccc2ccccc2c1C(=O)O. The standard InChI is InChI=1S/C23H21N3O4/c27-21(17-11-10-15-7-1-2-8-16(15)19(17)23(29)30)26-18-9-4-12-24-20(18)22(28)25-13-14-5-3-6-14/h1-2,4,7-12,14H,3,5-6,13H2,(H,25,28)(H,26,27)(H,29,30). The maximum Gasteiger partial charge on any atom is 0.337 e. The van der Waals surface area contributed by atoms with Crippen LogP contribution in [0.5, 0.6) is 0 Å². The summed E-state index contributed by atoms with van der Waals surface area (Å²) in [5.41, 5.74) is 0.275. The van der Waals surface area contributed by atoms with E-state index in [2.05, 4.69) is 15.6 Å². The van der Waals surface area contributed by atoms with Gasteiger partial charge in [-0.25, -0.2) is 9.78 Å². The van der Waals surface area contributed by atoms with Crippen molar-refractivity contribution in [2.45, 2.75) is 19.3 Å². The second-order valence-corrected chi connectivity index (χ2v) is 7.38. The molecule has 0 radical (unpaired) electrons. The molecule has 0 unspecified atom stereocenters. The zero-order chi connectivity index (χ0) is 21.1. The summed E-state index contributed by atoms with van der Waals surface area (Å²) in [7, 11) is 0. The molecule has 0 saturated heterocycles. The van der Waals surface area contributed by atoms with E-state index in [0.29, 0.717) is 17.8 Å². The Morgan fingerprint density at radius 3 is 2.53 bits per heavy atom. The van der Waals surface area contributed by atoms with Gasteiger partial charge in [0.25, 0.3) is 11.8 Å². The number of hydrogen-bond acceptors (Lipinski definition) is 4. The van der Waals surface area contributed by atoms with Crippen LogP contribution in [0, 0.1) is 5.92 Å². The Morgan fingerprint density at radius 2 is 1.80 bits per heavy atom. The monoisotopic (exact) mass is 403 g/mol. The lowest BCUT2D eigenvalue weighted by Gasteiger charge is -2.25. The summed E-state index contributed by atoms with van der Waals surface area (Å²) >= 11 is 0. The number of carbonyl (C=O) groups excluding carboxylic acids is 2. The van der Waals surface area contributed by atoms with Crippen molar-refractivity contribution in [2.24, 2.45) is 5.92 Å². The van der Waals surface area contributed by atoms with Crippen LogP contribution in [0.1, 0.15) is 50.5 Å². The highest BCUT2D eigenvalue weighted by Gasteiger charge is 2.23. The summed E-state index contributed by atoms with van der Waals surface area (Å²) in [5, 5.41) is 16.4. The second kappa shape index (κ2) is 8.32. The summed E-state index contributed by atoms with van der Waals surface area (Å²) < 4.78 is 0. The first-order valence-electron chi connectivity index (χ1n) is 9.84. The third-order valence-corrected chi connectivity index (χ3v) is 5.43. The minimum absolute atomic E-state index is 0.0193. The van der Waals surface area contributed by atoms with Crippen molar-refractivity contribution >= 4 is 34.2 Å². The number of aromatic nitrogens is 1. The van der Waals surface area contributed by atoms with Crippen LogP contribution in [0.15, 0.2) is 54.7 Å². The molecule has 1 aliphatic carbocycles. The Kier molecular flexibility index (Phi) is 5.43. The fourth-order valence-electron chi connectivity index (χ4n) is 3.59. The van der Waals surface area contributed by atoms with Gasteiger partial charge in [0.2, 0.25) is 0 Å². The van der Waals surface area contributed by atoms with Gasteiger partial charge in [-0.3, -0.25) is 9.59 Å². The van der Waals surface area contributed by atoms with Crippen LogP contribution in [-0.2, 0) is 0 Å². The number of benzene rings is 2. The predicted octanol–water partition coefficient (Wildman–Crippen LogP) is 3.72. The highest BCUT2D eigenvalue weighted by Crippen LogP contribution is 2.26. The van der Waals surface area contributed by atoms with Gasteiger partial charge in [0, 0.05) is 12.7 Å². The number of hydrogen-bond donors (Lipinski definition) is 3. The fourth-order valence-corrected chi connectivity index (χ4v) is 3.59. The summed E-state index contributed by atoms with van der Waals surface area (Å²) in [5.74, 6) is -1.68. The summed E-state index contributed by atoms with van der Waals surface area (Å²) in [6, 6.07) is 13.3. The molecule has 1 aromatic heterocycles. The van der Waals surface area contributed by atoms with Crippen molar-refractivity contribution < 1.29 is 19.5 Å². The maximum absolute atomic E-state index is 12.9. The molecule has 0 spiro atoms. The van der Waals surface area contributed by atoms with Gasteiger partial charge in [-0.05, 0) is 47.7 Å². The second-order valence-electron chi connectivity index (χ2n) is 7.38. The highest BCUT2D eigenvalue weighted by molar-refractivity contribution is 6.17. The lowest BCUT2D eigenvalue weighted by molar-refractivity contribution is 0.0694.